The molecule has 1 aliphatic heterocycles. The van der Waals surface area contributed by atoms with Crippen LogP contribution in [0.25, 0.3) is 0 Å². The number of rotatable bonds is 2. The minimum atomic E-state index is -0.308. The van der Waals surface area contributed by atoms with Gasteiger partial charge in [-0.2, -0.15) is 0 Å². The van der Waals surface area contributed by atoms with Crippen LogP contribution in [0.15, 0.2) is 23.8 Å². The third kappa shape index (κ3) is 3.44. The first-order valence-corrected chi connectivity index (χ1v) is 6.04. The van der Waals surface area contributed by atoms with E-state index in [1.807, 2.05) is 6.08 Å². The maximum atomic E-state index is 11.7. The largest absolute Gasteiger partial charge is 0.445 e. The lowest BCUT2D eigenvalue weighted by Gasteiger charge is -2.25. The minimum absolute atomic E-state index is 0.229. The van der Waals surface area contributed by atoms with Gasteiger partial charge in [-0.3, -0.25) is 4.79 Å². The molecule has 0 N–H and O–H groups in total. The van der Waals surface area contributed by atoms with Crippen molar-refractivity contribution in [2.24, 2.45) is 0 Å². The molecule has 0 spiro atoms. The molecule has 0 aromatic rings. The van der Waals surface area contributed by atoms with Crippen LogP contribution in [0.1, 0.15) is 25.7 Å². The molecule has 0 atom stereocenters. The van der Waals surface area contributed by atoms with Gasteiger partial charge >= 0.3 is 6.09 Å². The Morgan fingerprint density at radius 3 is 2.71 bits per heavy atom. The fourth-order valence-electron chi connectivity index (χ4n) is 1.95. The van der Waals surface area contributed by atoms with Crippen LogP contribution >= 0.6 is 0 Å². The number of Topliss-reactive ketones (excluding diaryl/α,β-unsaturated/α-hetero) is 1. The van der Waals surface area contributed by atoms with E-state index in [2.05, 4.69) is 12.2 Å². The van der Waals surface area contributed by atoms with E-state index in [4.69, 9.17) is 4.74 Å². The average molecular weight is 235 g/mol. The number of hydrogen-bond acceptors (Lipinski definition) is 3. The third-order valence-electron chi connectivity index (χ3n) is 3.01. The Balaban J connectivity index is 1.75. The van der Waals surface area contributed by atoms with Gasteiger partial charge in [0.1, 0.15) is 12.4 Å². The van der Waals surface area contributed by atoms with Crippen molar-refractivity contribution < 1.29 is 14.3 Å². The first-order valence-electron chi connectivity index (χ1n) is 6.04. The zero-order valence-corrected chi connectivity index (χ0v) is 9.85. The molecular formula is C13H17NO3. The molecule has 4 heteroatoms. The Bertz CT molecular complexity index is 361. The van der Waals surface area contributed by atoms with Gasteiger partial charge in [0.15, 0.2) is 0 Å². The summed E-state index contributed by atoms with van der Waals surface area (Å²) in [6, 6.07) is 0. The minimum Gasteiger partial charge on any atom is -0.445 e. The van der Waals surface area contributed by atoms with E-state index < -0.39 is 0 Å². The molecule has 0 radical (unpaired) electrons. The highest BCUT2D eigenvalue weighted by Gasteiger charge is 2.21. The maximum Gasteiger partial charge on any atom is 0.410 e. The molecule has 1 fully saturated rings. The average Bonchev–Trinajstić information content (AvgIpc) is 2.38. The molecule has 0 aromatic carbocycles. The highest BCUT2D eigenvalue weighted by Crippen LogP contribution is 2.12. The van der Waals surface area contributed by atoms with Gasteiger partial charge in [0.25, 0.3) is 0 Å². The molecule has 0 bridgehead atoms. The lowest BCUT2D eigenvalue weighted by molar-refractivity contribution is -0.121. The molecule has 2 rings (SSSR count). The second-order valence-electron chi connectivity index (χ2n) is 4.34. The first kappa shape index (κ1) is 11.9. The monoisotopic (exact) mass is 235 g/mol. The van der Waals surface area contributed by atoms with Crippen LogP contribution in [0, 0.1) is 0 Å². The molecular weight excluding hydrogens is 218 g/mol. The number of nitrogens with zero attached hydrogens (tertiary/aromatic N) is 1. The molecule has 17 heavy (non-hydrogen) atoms. The zero-order valence-electron chi connectivity index (χ0n) is 9.85. The van der Waals surface area contributed by atoms with Crippen molar-refractivity contribution >= 4 is 11.9 Å². The molecule has 1 heterocycles. The van der Waals surface area contributed by atoms with Crippen LogP contribution in [0.4, 0.5) is 4.79 Å². The SMILES string of the molecule is O=C1CCN(C(=O)OCC2=CCCC=C2)CC1. The summed E-state index contributed by atoms with van der Waals surface area (Å²) in [5.41, 5.74) is 1.05. The lowest BCUT2D eigenvalue weighted by Crippen LogP contribution is -2.39. The Morgan fingerprint density at radius 1 is 1.29 bits per heavy atom. The molecule has 0 unspecified atom stereocenters. The van der Waals surface area contributed by atoms with E-state index in [1.165, 1.54) is 0 Å². The van der Waals surface area contributed by atoms with Gasteiger partial charge in [0, 0.05) is 25.9 Å². The molecule has 2 aliphatic rings. The highest BCUT2D eigenvalue weighted by atomic mass is 16.6. The number of allylic oxidation sites excluding steroid dienone is 2. The standard InChI is InChI=1S/C13H17NO3/c15-12-6-8-14(9-7-12)13(16)17-10-11-4-2-1-3-5-11/h2,4-5H,1,3,6-10H2. The summed E-state index contributed by atoms with van der Waals surface area (Å²) in [6.07, 6.45) is 8.85. The van der Waals surface area contributed by atoms with Gasteiger partial charge in [-0.25, -0.2) is 4.79 Å². The lowest BCUT2D eigenvalue weighted by atomic mass is 10.1. The number of amides is 1. The maximum absolute atomic E-state index is 11.7. The topological polar surface area (TPSA) is 46.6 Å². The van der Waals surface area contributed by atoms with Crippen molar-refractivity contribution in [3.63, 3.8) is 0 Å². The first-order chi connectivity index (χ1) is 8.25. The Morgan fingerprint density at radius 2 is 2.06 bits per heavy atom. The van der Waals surface area contributed by atoms with Gasteiger partial charge in [0.05, 0.1) is 0 Å². The van der Waals surface area contributed by atoms with Crippen molar-refractivity contribution in [3.8, 4) is 0 Å². The molecule has 1 amide bonds. The van der Waals surface area contributed by atoms with E-state index in [1.54, 1.807) is 4.90 Å². The fraction of sp³-hybridized carbons (Fsp3) is 0.538. The molecule has 0 saturated carbocycles. The molecule has 92 valence electrons. The highest BCUT2D eigenvalue weighted by molar-refractivity contribution is 5.81. The summed E-state index contributed by atoms with van der Waals surface area (Å²) in [6.45, 7) is 1.32. The summed E-state index contributed by atoms with van der Waals surface area (Å²) >= 11 is 0. The summed E-state index contributed by atoms with van der Waals surface area (Å²) in [5, 5.41) is 0. The summed E-state index contributed by atoms with van der Waals surface area (Å²) in [5.74, 6) is 0.229. The summed E-state index contributed by atoms with van der Waals surface area (Å²) < 4.78 is 5.21. The number of likely N-dealkylation sites (tertiary alicyclic amines) is 1. The fourth-order valence-corrected chi connectivity index (χ4v) is 1.95. The van der Waals surface area contributed by atoms with E-state index in [9.17, 15) is 9.59 Å². The van der Waals surface area contributed by atoms with Crippen LogP contribution in [0.5, 0.6) is 0 Å². The number of carbonyl (C=O) groups is 2. The second-order valence-corrected chi connectivity index (χ2v) is 4.34. The Labute approximate surface area is 101 Å². The van der Waals surface area contributed by atoms with Crippen molar-refractivity contribution in [2.75, 3.05) is 19.7 Å². The van der Waals surface area contributed by atoms with Crippen LogP contribution in [-0.4, -0.2) is 36.5 Å². The van der Waals surface area contributed by atoms with Gasteiger partial charge < -0.3 is 9.64 Å². The van der Waals surface area contributed by atoms with Crippen LogP contribution in [0.3, 0.4) is 0 Å². The predicted octanol–water partition coefficient (Wildman–Crippen LogP) is 2.06. The van der Waals surface area contributed by atoms with E-state index in [0.29, 0.717) is 32.5 Å². The number of hydrogen-bond donors (Lipinski definition) is 0. The normalized spacial score (nSPS) is 20.1. The van der Waals surface area contributed by atoms with Crippen molar-refractivity contribution in [2.45, 2.75) is 25.7 Å². The number of carbonyl (C=O) groups excluding carboxylic acids is 2. The van der Waals surface area contributed by atoms with E-state index in [-0.39, 0.29) is 11.9 Å². The quantitative estimate of drug-likeness (QED) is 0.736. The summed E-state index contributed by atoms with van der Waals surface area (Å²) in [7, 11) is 0. The molecule has 1 saturated heterocycles. The Hall–Kier alpha value is -1.58. The number of piperidine rings is 1. The van der Waals surface area contributed by atoms with E-state index >= 15 is 0 Å². The zero-order chi connectivity index (χ0) is 12.1. The Kier molecular flexibility index (Phi) is 3.96. The van der Waals surface area contributed by atoms with Crippen LogP contribution < -0.4 is 0 Å². The number of ether oxygens (including phenoxy) is 1. The van der Waals surface area contributed by atoms with Crippen LogP contribution in [0.2, 0.25) is 0 Å². The smallest absolute Gasteiger partial charge is 0.410 e. The van der Waals surface area contributed by atoms with Crippen molar-refractivity contribution in [1.29, 1.82) is 0 Å². The molecule has 0 aromatic heterocycles. The van der Waals surface area contributed by atoms with Gasteiger partial charge in [-0.15, -0.1) is 0 Å². The van der Waals surface area contributed by atoms with Crippen molar-refractivity contribution in [3.05, 3.63) is 23.8 Å². The number of ketones is 1. The van der Waals surface area contributed by atoms with Gasteiger partial charge in [-0.05, 0) is 18.4 Å². The van der Waals surface area contributed by atoms with Gasteiger partial charge in [-0.1, -0.05) is 18.2 Å². The third-order valence-corrected chi connectivity index (χ3v) is 3.01. The summed E-state index contributed by atoms with van der Waals surface area (Å²) in [4.78, 5) is 24.3. The van der Waals surface area contributed by atoms with Crippen molar-refractivity contribution in [1.82, 2.24) is 4.90 Å². The van der Waals surface area contributed by atoms with Crippen LogP contribution in [-0.2, 0) is 9.53 Å². The molecule has 4 nitrogen and oxygen atoms in total. The van der Waals surface area contributed by atoms with E-state index in [0.717, 1.165) is 18.4 Å². The predicted molar refractivity (Wildman–Crippen MR) is 63.6 cm³/mol. The molecule has 1 aliphatic carbocycles. The van der Waals surface area contributed by atoms with Gasteiger partial charge in [0.2, 0.25) is 0 Å². The second kappa shape index (κ2) is 5.66.